The highest BCUT2D eigenvalue weighted by atomic mass is 16.5. The second-order valence-corrected chi connectivity index (χ2v) is 9.35. The second kappa shape index (κ2) is 10.4. The summed E-state index contributed by atoms with van der Waals surface area (Å²) >= 11 is 0. The number of nitrogens with one attached hydrogen (secondary N) is 2. The molecular formula is C29H33N3O2. The second-order valence-electron chi connectivity index (χ2n) is 9.35. The molecule has 176 valence electrons. The van der Waals surface area contributed by atoms with Crippen LogP contribution in [0.5, 0.6) is 5.75 Å². The van der Waals surface area contributed by atoms with Gasteiger partial charge in [0, 0.05) is 25.0 Å². The van der Waals surface area contributed by atoms with E-state index in [0.29, 0.717) is 24.4 Å². The number of hydrogen-bond acceptors (Lipinski definition) is 4. The van der Waals surface area contributed by atoms with Crippen molar-refractivity contribution in [2.45, 2.75) is 24.4 Å². The molecule has 0 spiro atoms. The topological polar surface area (TPSA) is 53.6 Å². The van der Waals surface area contributed by atoms with E-state index in [4.69, 9.17) is 4.74 Å². The summed E-state index contributed by atoms with van der Waals surface area (Å²) in [7, 11) is 1.70. The van der Waals surface area contributed by atoms with Crippen molar-refractivity contribution >= 4 is 5.91 Å². The molecule has 0 bridgehead atoms. The van der Waals surface area contributed by atoms with Crippen molar-refractivity contribution in [3.05, 3.63) is 102 Å². The lowest BCUT2D eigenvalue weighted by Crippen LogP contribution is -2.47. The van der Waals surface area contributed by atoms with Crippen molar-refractivity contribution in [3.63, 3.8) is 0 Å². The molecule has 5 heteroatoms. The fraction of sp³-hybridized carbons (Fsp3) is 0.345. The van der Waals surface area contributed by atoms with Gasteiger partial charge in [-0.2, -0.15) is 0 Å². The highest BCUT2D eigenvalue weighted by Gasteiger charge is 2.43. The van der Waals surface area contributed by atoms with E-state index in [2.05, 4.69) is 51.9 Å². The van der Waals surface area contributed by atoms with Gasteiger partial charge >= 0.3 is 0 Å². The molecule has 2 saturated heterocycles. The van der Waals surface area contributed by atoms with Gasteiger partial charge in [-0.3, -0.25) is 9.69 Å². The molecule has 0 saturated carbocycles. The molecular weight excluding hydrogens is 422 g/mol. The van der Waals surface area contributed by atoms with Crippen molar-refractivity contribution in [2.75, 3.05) is 33.3 Å². The van der Waals surface area contributed by atoms with Crippen LogP contribution in [-0.2, 0) is 4.79 Å². The van der Waals surface area contributed by atoms with E-state index in [-0.39, 0.29) is 11.9 Å². The van der Waals surface area contributed by atoms with Crippen LogP contribution in [0.4, 0.5) is 0 Å². The third-order valence-corrected chi connectivity index (χ3v) is 7.37. The van der Waals surface area contributed by atoms with Crippen LogP contribution in [0, 0.1) is 5.92 Å². The molecule has 3 aromatic rings. The minimum atomic E-state index is -0.154. The highest BCUT2D eigenvalue weighted by Crippen LogP contribution is 2.40. The number of amides is 1. The summed E-state index contributed by atoms with van der Waals surface area (Å²) in [6.45, 7) is 3.32. The third-order valence-electron chi connectivity index (χ3n) is 7.37. The number of nitrogens with zero attached hydrogens (tertiary/aromatic N) is 1. The Morgan fingerprint density at radius 2 is 1.65 bits per heavy atom. The molecule has 2 fully saturated rings. The summed E-state index contributed by atoms with van der Waals surface area (Å²) in [5, 5.41) is 6.90. The molecule has 0 aliphatic carbocycles. The Kier molecular flexibility index (Phi) is 6.93. The predicted octanol–water partition coefficient (Wildman–Crippen LogP) is 3.98. The van der Waals surface area contributed by atoms with Crippen molar-refractivity contribution in [2.24, 2.45) is 5.92 Å². The Morgan fingerprint density at radius 1 is 1.00 bits per heavy atom. The first-order chi connectivity index (χ1) is 16.7. The number of methoxy groups -OCH3 is 1. The highest BCUT2D eigenvalue weighted by molar-refractivity contribution is 5.79. The van der Waals surface area contributed by atoms with E-state index in [0.717, 1.165) is 42.9 Å². The molecule has 2 N–H and O–H groups in total. The molecule has 0 radical (unpaired) electrons. The maximum absolute atomic E-state index is 13.4. The molecule has 0 unspecified atom stereocenters. The molecule has 34 heavy (non-hydrogen) atoms. The summed E-state index contributed by atoms with van der Waals surface area (Å²) in [5.74, 6) is 1.87. The van der Waals surface area contributed by atoms with Crippen LogP contribution < -0.4 is 15.4 Å². The first-order valence-corrected chi connectivity index (χ1v) is 12.2. The van der Waals surface area contributed by atoms with Gasteiger partial charge in [0.25, 0.3) is 0 Å². The fourth-order valence-electron chi connectivity index (χ4n) is 5.68. The summed E-state index contributed by atoms with van der Waals surface area (Å²) < 4.78 is 5.35. The smallest absolute Gasteiger partial charge is 0.234 e. The molecule has 2 aliphatic heterocycles. The number of fused-ring (bicyclic) bond motifs is 1. The lowest BCUT2D eigenvalue weighted by molar-refractivity contribution is -0.123. The van der Waals surface area contributed by atoms with Crippen molar-refractivity contribution in [3.8, 4) is 5.75 Å². The number of ether oxygens (including phenoxy) is 1. The molecule has 5 nitrogen and oxygen atoms in total. The number of benzene rings is 3. The van der Waals surface area contributed by atoms with E-state index in [1.807, 2.05) is 48.5 Å². The third kappa shape index (κ3) is 4.86. The van der Waals surface area contributed by atoms with Crippen LogP contribution >= 0.6 is 0 Å². The van der Waals surface area contributed by atoms with E-state index in [1.54, 1.807) is 7.11 Å². The maximum Gasteiger partial charge on any atom is 0.234 e. The van der Waals surface area contributed by atoms with Gasteiger partial charge in [-0.15, -0.1) is 0 Å². The molecule has 3 aromatic carbocycles. The van der Waals surface area contributed by atoms with E-state index in [9.17, 15) is 4.79 Å². The SMILES string of the molecule is COc1ccc([C@H]2CN(CC(=O)NC(c3ccccc3)c3ccccc3)[C@@H]3CCNC[C@H]23)cc1. The average Bonchev–Trinajstić information content (AvgIpc) is 3.26. The Morgan fingerprint density at radius 3 is 2.26 bits per heavy atom. The van der Waals surface area contributed by atoms with Gasteiger partial charge in [-0.25, -0.2) is 0 Å². The van der Waals surface area contributed by atoms with Crippen LogP contribution in [0.25, 0.3) is 0 Å². The van der Waals surface area contributed by atoms with Crippen molar-refractivity contribution in [1.29, 1.82) is 0 Å². The Bertz CT molecular complexity index is 1030. The predicted molar refractivity (Wildman–Crippen MR) is 135 cm³/mol. The molecule has 2 aliphatic rings. The Labute approximate surface area is 202 Å². The van der Waals surface area contributed by atoms with Gasteiger partial charge < -0.3 is 15.4 Å². The lowest BCUT2D eigenvalue weighted by Gasteiger charge is -2.33. The normalized spacial score (nSPS) is 22.4. The van der Waals surface area contributed by atoms with E-state index < -0.39 is 0 Å². The van der Waals surface area contributed by atoms with Crippen LogP contribution in [0.1, 0.15) is 35.1 Å². The zero-order chi connectivity index (χ0) is 23.3. The lowest BCUT2D eigenvalue weighted by atomic mass is 9.82. The molecule has 1 amide bonds. The minimum absolute atomic E-state index is 0.0744. The van der Waals surface area contributed by atoms with Crippen molar-refractivity contribution < 1.29 is 9.53 Å². The van der Waals surface area contributed by atoms with Gasteiger partial charge in [0.05, 0.1) is 19.7 Å². The van der Waals surface area contributed by atoms with Gasteiger partial charge in [0.2, 0.25) is 5.91 Å². The standard InChI is InChI=1S/C29H33N3O2/c1-34-24-14-12-21(13-15-24)26-19-32(27-16-17-30-18-25(26)27)20-28(33)31-29(22-8-4-2-5-9-22)23-10-6-3-7-11-23/h2-15,25-27,29-30H,16-20H2,1H3,(H,31,33)/t25-,26-,27-/m1/s1. The zero-order valence-electron chi connectivity index (χ0n) is 19.7. The van der Waals surface area contributed by atoms with E-state index >= 15 is 0 Å². The largest absolute Gasteiger partial charge is 0.497 e. The van der Waals surface area contributed by atoms with Crippen LogP contribution in [0.3, 0.4) is 0 Å². The monoisotopic (exact) mass is 455 g/mol. The number of hydrogen-bond donors (Lipinski definition) is 2. The summed E-state index contributed by atoms with van der Waals surface area (Å²) in [4.78, 5) is 15.8. The van der Waals surface area contributed by atoms with Crippen LogP contribution in [-0.4, -0.2) is 50.1 Å². The van der Waals surface area contributed by atoms with E-state index in [1.165, 1.54) is 5.56 Å². The first-order valence-electron chi connectivity index (χ1n) is 12.2. The zero-order valence-corrected chi connectivity index (χ0v) is 19.7. The van der Waals surface area contributed by atoms with Crippen LogP contribution in [0.2, 0.25) is 0 Å². The molecule has 3 atom stereocenters. The number of likely N-dealkylation sites (tertiary alicyclic amines) is 1. The number of carbonyl (C=O) groups excluding carboxylic acids is 1. The number of rotatable bonds is 7. The first kappa shape index (κ1) is 22.6. The molecule has 0 aromatic heterocycles. The van der Waals surface area contributed by atoms with Crippen molar-refractivity contribution in [1.82, 2.24) is 15.5 Å². The number of piperidine rings is 1. The maximum atomic E-state index is 13.4. The van der Waals surface area contributed by atoms with Gasteiger partial charge in [0.15, 0.2) is 0 Å². The molecule has 2 heterocycles. The minimum Gasteiger partial charge on any atom is -0.497 e. The fourth-order valence-corrected chi connectivity index (χ4v) is 5.68. The van der Waals surface area contributed by atoms with Gasteiger partial charge in [-0.05, 0) is 47.7 Å². The average molecular weight is 456 g/mol. The van der Waals surface area contributed by atoms with Gasteiger partial charge in [-0.1, -0.05) is 72.8 Å². The van der Waals surface area contributed by atoms with Crippen LogP contribution in [0.15, 0.2) is 84.9 Å². The quantitative estimate of drug-likeness (QED) is 0.566. The van der Waals surface area contributed by atoms with Gasteiger partial charge in [0.1, 0.15) is 5.75 Å². The summed E-state index contributed by atoms with van der Waals surface area (Å²) in [6, 6.07) is 29.1. The number of carbonyl (C=O) groups is 1. The Balaban J connectivity index is 1.32. The summed E-state index contributed by atoms with van der Waals surface area (Å²) in [5.41, 5.74) is 3.52. The summed E-state index contributed by atoms with van der Waals surface area (Å²) in [6.07, 6.45) is 1.07. The Hall–Kier alpha value is -3.15. The molecule has 5 rings (SSSR count).